The van der Waals surface area contributed by atoms with E-state index in [4.69, 9.17) is 6.42 Å². The van der Waals surface area contributed by atoms with Crippen LogP contribution in [0, 0.1) is 12.3 Å². The summed E-state index contributed by atoms with van der Waals surface area (Å²) >= 11 is 0. The van der Waals surface area contributed by atoms with Gasteiger partial charge in [0, 0.05) is 13.1 Å². The Kier molecular flexibility index (Phi) is 4.38. The second-order valence-electron chi connectivity index (χ2n) is 3.57. The van der Waals surface area contributed by atoms with Gasteiger partial charge in [-0.2, -0.15) is 5.10 Å². The van der Waals surface area contributed by atoms with Crippen molar-refractivity contribution in [3.8, 4) is 12.3 Å². The van der Waals surface area contributed by atoms with Gasteiger partial charge in [0.05, 0.1) is 17.4 Å². The molecular weight excluding hydrogens is 186 g/mol. The van der Waals surface area contributed by atoms with Crippen LogP contribution in [0.3, 0.4) is 0 Å². The maximum absolute atomic E-state index is 5.30. The Morgan fingerprint density at radius 2 is 2.33 bits per heavy atom. The van der Waals surface area contributed by atoms with E-state index in [9.17, 15) is 0 Å². The Balaban J connectivity index is 2.67. The number of nitrogens with one attached hydrogen (secondary N) is 1. The topological polar surface area (TPSA) is 29.9 Å². The molecule has 3 heteroatoms. The SMILES string of the molecule is C#CC(C)NCc1cc(CC)nn1CC. The summed E-state index contributed by atoms with van der Waals surface area (Å²) in [5.41, 5.74) is 2.35. The number of terminal acetylenes is 1. The third-order valence-electron chi connectivity index (χ3n) is 2.42. The van der Waals surface area contributed by atoms with Crippen LogP contribution in [-0.2, 0) is 19.5 Å². The van der Waals surface area contributed by atoms with Crippen LogP contribution >= 0.6 is 0 Å². The van der Waals surface area contributed by atoms with E-state index in [1.165, 1.54) is 5.69 Å². The molecule has 1 N–H and O–H groups in total. The summed E-state index contributed by atoms with van der Waals surface area (Å²) in [6.45, 7) is 7.88. The van der Waals surface area contributed by atoms with Crippen LogP contribution < -0.4 is 5.32 Å². The molecule has 0 saturated heterocycles. The number of nitrogens with zero attached hydrogens (tertiary/aromatic N) is 2. The first kappa shape index (κ1) is 11.8. The third kappa shape index (κ3) is 3.10. The van der Waals surface area contributed by atoms with Gasteiger partial charge in [0.2, 0.25) is 0 Å². The van der Waals surface area contributed by atoms with Gasteiger partial charge in [0.15, 0.2) is 0 Å². The van der Waals surface area contributed by atoms with Crippen molar-refractivity contribution >= 4 is 0 Å². The zero-order valence-corrected chi connectivity index (χ0v) is 9.75. The first-order valence-electron chi connectivity index (χ1n) is 5.46. The van der Waals surface area contributed by atoms with Crippen molar-refractivity contribution in [2.24, 2.45) is 0 Å². The van der Waals surface area contributed by atoms with Gasteiger partial charge in [-0.15, -0.1) is 6.42 Å². The Bertz CT molecular complexity index is 346. The number of hydrogen-bond donors (Lipinski definition) is 1. The summed E-state index contributed by atoms with van der Waals surface area (Å²) in [6.07, 6.45) is 6.28. The van der Waals surface area contributed by atoms with Crippen molar-refractivity contribution in [3.05, 3.63) is 17.5 Å². The number of rotatable bonds is 5. The summed E-state index contributed by atoms with van der Waals surface area (Å²) in [4.78, 5) is 0. The molecule has 1 unspecified atom stereocenters. The van der Waals surface area contributed by atoms with Crippen LogP contribution in [0.4, 0.5) is 0 Å². The van der Waals surface area contributed by atoms with Crippen molar-refractivity contribution in [2.75, 3.05) is 0 Å². The van der Waals surface area contributed by atoms with E-state index in [0.29, 0.717) is 0 Å². The van der Waals surface area contributed by atoms with Gasteiger partial charge in [-0.1, -0.05) is 12.8 Å². The molecule has 3 nitrogen and oxygen atoms in total. The molecule has 1 heterocycles. The predicted molar refractivity (Wildman–Crippen MR) is 62.4 cm³/mol. The molecule has 82 valence electrons. The monoisotopic (exact) mass is 205 g/mol. The highest BCUT2D eigenvalue weighted by atomic mass is 15.3. The second-order valence-corrected chi connectivity index (χ2v) is 3.57. The minimum atomic E-state index is 0.107. The van der Waals surface area contributed by atoms with Crippen molar-refractivity contribution in [1.82, 2.24) is 15.1 Å². The van der Waals surface area contributed by atoms with E-state index in [1.807, 2.05) is 11.6 Å². The van der Waals surface area contributed by atoms with Crippen LogP contribution in [0.25, 0.3) is 0 Å². The van der Waals surface area contributed by atoms with Gasteiger partial charge in [0.25, 0.3) is 0 Å². The Morgan fingerprint density at radius 1 is 1.60 bits per heavy atom. The summed E-state index contributed by atoms with van der Waals surface area (Å²) in [6, 6.07) is 2.25. The molecule has 0 aliphatic rings. The molecule has 0 amide bonds. The molecule has 1 aromatic heterocycles. The second kappa shape index (κ2) is 5.57. The quantitative estimate of drug-likeness (QED) is 0.740. The van der Waals surface area contributed by atoms with Crippen LogP contribution in [0.15, 0.2) is 6.07 Å². The fourth-order valence-corrected chi connectivity index (χ4v) is 1.42. The number of aromatic nitrogens is 2. The molecule has 0 spiro atoms. The number of hydrogen-bond acceptors (Lipinski definition) is 2. The largest absolute Gasteiger partial charge is 0.298 e. The standard InChI is InChI=1S/C12H19N3/c1-5-10(4)13-9-12-8-11(6-2)14-15(12)7-3/h1,8,10,13H,6-7,9H2,2-4H3. The molecular formula is C12H19N3. The number of aryl methyl sites for hydroxylation is 2. The lowest BCUT2D eigenvalue weighted by atomic mass is 10.3. The maximum Gasteiger partial charge on any atom is 0.0661 e. The fourth-order valence-electron chi connectivity index (χ4n) is 1.42. The smallest absolute Gasteiger partial charge is 0.0661 e. The highest BCUT2D eigenvalue weighted by Crippen LogP contribution is 2.05. The minimum Gasteiger partial charge on any atom is -0.298 e. The van der Waals surface area contributed by atoms with Crippen LogP contribution in [0.1, 0.15) is 32.2 Å². The molecule has 15 heavy (non-hydrogen) atoms. The molecule has 1 aromatic rings. The van der Waals surface area contributed by atoms with E-state index in [-0.39, 0.29) is 6.04 Å². The lowest BCUT2D eigenvalue weighted by Gasteiger charge is -2.08. The molecule has 0 aliphatic carbocycles. The molecule has 0 fully saturated rings. The van der Waals surface area contributed by atoms with Crippen LogP contribution in [-0.4, -0.2) is 15.8 Å². The van der Waals surface area contributed by atoms with E-state index in [0.717, 1.165) is 25.2 Å². The molecule has 0 aromatic carbocycles. The average Bonchev–Trinajstić information content (AvgIpc) is 2.68. The van der Waals surface area contributed by atoms with E-state index in [1.54, 1.807) is 0 Å². The summed E-state index contributed by atoms with van der Waals surface area (Å²) < 4.78 is 2.02. The van der Waals surface area contributed by atoms with Crippen molar-refractivity contribution in [2.45, 2.75) is 46.3 Å². The average molecular weight is 205 g/mol. The van der Waals surface area contributed by atoms with E-state index in [2.05, 4.69) is 36.2 Å². The lowest BCUT2D eigenvalue weighted by Crippen LogP contribution is -2.25. The van der Waals surface area contributed by atoms with E-state index < -0.39 is 0 Å². The Hall–Kier alpha value is -1.27. The lowest BCUT2D eigenvalue weighted by molar-refractivity contribution is 0.565. The molecule has 0 aliphatic heterocycles. The Morgan fingerprint density at radius 3 is 2.87 bits per heavy atom. The predicted octanol–water partition coefficient (Wildman–Crippen LogP) is 1.58. The van der Waals surface area contributed by atoms with Gasteiger partial charge >= 0.3 is 0 Å². The minimum absolute atomic E-state index is 0.107. The highest BCUT2D eigenvalue weighted by molar-refractivity contribution is 5.11. The first-order valence-corrected chi connectivity index (χ1v) is 5.46. The molecule has 0 bridgehead atoms. The van der Waals surface area contributed by atoms with Gasteiger partial charge in [-0.3, -0.25) is 10.00 Å². The maximum atomic E-state index is 5.30. The zero-order valence-electron chi connectivity index (χ0n) is 9.75. The molecule has 0 radical (unpaired) electrons. The Labute approximate surface area is 91.9 Å². The van der Waals surface area contributed by atoms with Crippen molar-refractivity contribution < 1.29 is 0 Å². The molecule has 1 rings (SSSR count). The fraction of sp³-hybridized carbons (Fsp3) is 0.583. The summed E-state index contributed by atoms with van der Waals surface area (Å²) in [5.74, 6) is 2.65. The first-order chi connectivity index (χ1) is 7.21. The van der Waals surface area contributed by atoms with Gasteiger partial charge in [-0.25, -0.2) is 0 Å². The van der Waals surface area contributed by atoms with Gasteiger partial charge < -0.3 is 0 Å². The third-order valence-corrected chi connectivity index (χ3v) is 2.42. The van der Waals surface area contributed by atoms with E-state index >= 15 is 0 Å². The van der Waals surface area contributed by atoms with Crippen LogP contribution in [0.2, 0.25) is 0 Å². The van der Waals surface area contributed by atoms with Crippen molar-refractivity contribution in [3.63, 3.8) is 0 Å². The normalized spacial score (nSPS) is 12.4. The summed E-state index contributed by atoms with van der Waals surface area (Å²) in [7, 11) is 0. The highest BCUT2D eigenvalue weighted by Gasteiger charge is 2.05. The van der Waals surface area contributed by atoms with Crippen LogP contribution in [0.5, 0.6) is 0 Å². The van der Waals surface area contributed by atoms with Gasteiger partial charge in [-0.05, 0) is 26.3 Å². The molecule has 1 atom stereocenters. The van der Waals surface area contributed by atoms with Crippen molar-refractivity contribution in [1.29, 1.82) is 0 Å². The van der Waals surface area contributed by atoms with Gasteiger partial charge in [0.1, 0.15) is 0 Å². The summed E-state index contributed by atoms with van der Waals surface area (Å²) in [5, 5.41) is 7.74. The molecule has 0 saturated carbocycles. The zero-order chi connectivity index (χ0) is 11.3.